The Kier molecular flexibility index (Phi) is 7.68. The van der Waals surface area contributed by atoms with Crippen LogP contribution in [0.1, 0.15) is 65.5 Å². The predicted molar refractivity (Wildman–Crippen MR) is 177 cm³/mol. The molecule has 2 heterocycles. The van der Waals surface area contributed by atoms with Crippen LogP contribution in [-0.2, 0) is 4.74 Å². The Hall–Kier alpha value is -4.07. The van der Waals surface area contributed by atoms with E-state index >= 15 is 0 Å². The number of ether oxygens (including phenoxy) is 1. The molecule has 1 aliphatic heterocycles. The lowest BCUT2D eigenvalue weighted by atomic mass is 9.91. The summed E-state index contributed by atoms with van der Waals surface area (Å²) in [6.45, 7) is 2.09. The number of benzene rings is 3. The Balaban J connectivity index is 1.21. The standard InChI is InChI=1S/C37H34N4OS/c1-23-20-27(36(39)42-35(38)24-10-4-2-5-11-24)17-18-28(23)32-22-31(40-37(41-32)25-12-6-3-7-13-25)26-16-19-30-29-14-8-9-15-33(29)43-34(30)21-26/h2-6,8-12,14-20,22,34-36H,7,13,21,38-39H2,1H3. The lowest BCUT2D eigenvalue weighted by Crippen LogP contribution is -2.23. The van der Waals surface area contributed by atoms with Gasteiger partial charge in [-0.25, -0.2) is 9.97 Å². The Morgan fingerprint density at radius 2 is 1.58 bits per heavy atom. The van der Waals surface area contributed by atoms with E-state index in [0.29, 0.717) is 5.25 Å². The molecule has 0 bridgehead atoms. The lowest BCUT2D eigenvalue weighted by Gasteiger charge is -2.21. The Morgan fingerprint density at radius 3 is 2.40 bits per heavy atom. The van der Waals surface area contributed by atoms with Gasteiger partial charge in [-0.15, -0.1) is 11.8 Å². The lowest BCUT2D eigenvalue weighted by molar-refractivity contribution is -0.00833. The first-order valence-electron chi connectivity index (χ1n) is 14.8. The molecule has 43 heavy (non-hydrogen) atoms. The number of fused-ring (bicyclic) bond motifs is 3. The number of allylic oxidation sites excluding steroid dienone is 7. The van der Waals surface area contributed by atoms with E-state index in [9.17, 15) is 0 Å². The molecular formula is C37H34N4OS. The Morgan fingerprint density at radius 1 is 0.791 bits per heavy atom. The highest BCUT2D eigenvalue weighted by Gasteiger charge is 2.30. The van der Waals surface area contributed by atoms with E-state index in [0.717, 1.165) is 58.7 Å². The molecule has 5 nitrogen and oxygen atoms in total. The van der Waals surface area contributed by atoms with Crippen LogP contribution >= 0.6 is 11.8 Å². The maximum absolute atomic E-state index is 6.45. The van der Waals surface area contributed by atoms with Crippen LogP contribution in [0.25, 0.3) is 28.0 Å². The first-order valence-corrected chi connectivity index (χ1v) is 15.7. The van der Waals surface area contributed by atoms with Gasteiger partial charge in [0, 0.05) is 15.7 Å². The van der Waals surface area contributed by atoms with Crippen molar-refractivity contribution in [2.24, 2.45) is 11.5 Å². The van der Waals surface area contributed by atoms with Gasteiger partial charge < -0.3 is 16.2 Å². The minimum Gasteiger partial charge on any atom is -0.337 e. The van der Waals surface area contributed by atoms with Gasteiger partial charge in [-0.05, 0) is 77.3 Å². The average molecular weight is 583 g/mol. The SMILES string of the molecule is Cc1cc(C(N)OC(N)c2ccccc2)ccc1-c1cc(C2=CC=C3c4ccccc4SC3C2)nc(C2=CC=CCC2)n1. The molecule has 6 heteroatoms. The zero-order chi connectivity index (χ0) is 29.3. The third-order valence-corrected chi connectivity index (χ3v) is 9.63. The van der Waals surface area contributed by atoms with E-state index in [-0.39, 0.29) is 0 Å². The minimum absolute atomic E-state index is 0.404. The summed E-state index contributed by atoms with van der Waals surface area (Å²) in [6, 6.07) is 26.7. The fourth-order valence-corrected chi connectivity index (χ4v) is 7.36. The third-order valence-electron chi connectivity index (χ3n) is 8.32. The summed E-state index contributed by atoms with van der Waals surface area (Å²) in [5, 5.41) is 0.404. The van der Waals surface area contributed by atoms with Crippen LogP contribution in [0.3, 0.4) is 0 Å². The van der Waals surface area contributed by atoms with Crippen LogP contribution in [0.15, 0.2) is 114 Å². The van der Waals surface area contributed by atoms with Crippen molar-refractivity contribution in [3.8, 4) is 11.3 Å². The fraction of sp³-hybridized carbons (Fsp3) is 0.189. The molecule has 3 aromatic carbocycles. The van der Waals surface area contributed by atoms with Crippen LogP contribution in [0.5, 0.6) is 0 Å². The van der Waals surface area contributed by atoms with Crippen molar-refractivity contribution in [2.75, 3.05) is 0 Å². The molecule has 0 fully saturated rings. The number of aryl methyl sites for hydroxylation is 1. The van der Waals surface area contributed by atoms with E-state index < -0.39 is 12.5 Å². The van der Waals surface area contributed by atoms with Gasteiger partial charge in [0.1, 0.15) is 12.5 Å². The normalized spacial score (nSPS) is 18.7. The topological polar surface area (TPSA) is 87.0 Å². The molecule has 3 aliphatic rings. The minimum atomic E-state index is -0.653. The number of thioether (sulfide) groups is 1. The summed E-state index contributed by atoms with van der Waals surface area (Å²) in [7, 11) is 0. The maximum Gasteiger partial charge on any atom is 0.156 e. The second kappa shape index (κ2) is 11.9. The van der Waals surface area contributed by atoms with Crippen LogP contribution in [0.4, 0.5) is 0 Å². The Bertz CT molecular complexity index is 1810. The Labute approximate surface area is 257 Å². The molecule has 4 N–H and O–H groups in total. The van der Waals surface area contributed by atoms with Gasteiger partial charge in [-0.1, -0.05) is 97.1 Å². The number of nitrogens with two attached hydrogens (primary N) is 2. The molecule has 0 spiro atoms. The number of rotatable bonds is 7. The molecule has 0 amide bonds. The van der Waals surface area contributed by atoms with Gasteiger partial charge in [-0.3, -0.25) is 0 Å². The number of hydrogen-bond acceptors (Lipinski definition) is 6. The molecule has 4 aromatic rings. The first-order chi connectivity index (χ1) is 21.0. The van der Waals surface area contributed by atoms with E-state index in [1.807, 2.05) is 48.2 Å². The molecule has 3 atom stereocenters. The number of aromatic nitrogens is 2. The smallest absolute Gasteiger partial charge is 0.156 e. The highest BCUT2D eigenvalue weighted by Crippen LogP contribution is 2.50. The zero-order valence-electron chi connectivity index (χ0n) is 24.1. The van der Waals surface area contributed by atoms with Crippen molar-refractivity contribution in [3.05, 3.63) is 143 Å². The van der Waals surface area contributed by atoms with Crippen molar-refractivity contribution in [1.82, 2.24) is 9.97 Å². The maximum atomic E-state index is 6.45. The molecule has 7 rings (SSSR count). The van der Waals surface area contributed by atoms with Crippen LogP contribution in [0.2, 0.25) is 0 Å². The second-order valence-electron chi connectivity index (χ2n) is 11.2. The zero-order valence-corrected chi connectivity index (χ0v) is 24.9. The average Bonchev–Trinajstić information content (AvgIpc) is 3.43. The van der Waals surface area contributed by atoms with E-state index in [1.54, 1.807) is 0 Å². The van der Waals surface area contributed by atoms with Gasteiger partial charge in [-0.2, -0.15) is 0 Å². The second-order valence-corrected chi connectivity index (χ2v) is 12.4. The summed E-state index contributed by atoms with van der Waals surface area (Å²) in [4.78, 5) is 11.6. The van der Waals surface area contributed by atoms with Crippen molar-refractivity contribution < 1.29 is 4.74 Å². The highest BCUT2D eigenvalue weighted by atomic mass is 32.2. The fourth-order valence-electron chi connectivity index (χ4n) is 5.99. The first kappa shape index (κ1) is 27.7. The molecule has 3 unspecified atom stereocenters. The molecular weight excluding hydrogens is 549 g/mol. The van der Waals surface area contributed by atoms with Gasteiger partial charge in [0.25, 0.3) is 0 Å². The predicted octanol–water partition coefficient (Wildman–Crippen LogP) is 8.16. The molecule has 214 valence electrons. The summed E-state index contributed by atoms with van der Waals surface area (Å²) < 4.78 is 5.98. The molecule has 0 saturated heterocycles. The van der Waals surface area contributed by atoms with Crippen LogP contribution < -0.4 is 11.5 Å². The van der Waals surface area contributed by atoms with Crippen molar-refractivity contribution in [2.45, 2.75) is 48.8 Å². The van der Waals surface area contributed by atoms with Gasteiger partial charge >= 0.3 is 0 Å². The van der Waals surface area contributed by atoms with Crippen molar-refractivity contribution in [1.29, 1.82) is 0 Å². The molecule has 2 aliphatic carbocycles. The summed E-state index contributed by atoms with van der Waals surface area (Å²) in [6.07, 6.45) is 12.6. The van der Waals surface area contributed by atoms with Gasteiger partial charge in [0.05, 0.1) is 11.4 Å². The largest absolute Gasteiger partial charge is 0.337 e. The van der Waals surface area contributed by atoms with Crippen LogP contribution in [0, 0.1) is 6.92 Å². The van der Waals surface area contributed by atoms with Crippen molar-refractivity contribution >= 4 is 28.5 Å². The summed E-state index contributed by atoms with van der Waals surface area (Å²) >= 11 is 1.96. The van der Waals surface area contributed by atoms with Crippen LogP contribution in [-0.4, -0.2) is 15.2 Å². The third kappa shape index (κ3) is 5.67. The van der Waals surface area contributed by atoms with Gasteiger partial charge in [0.15, 0.2) is 5.82 Å². The highest BCUT2D eigenvalue weighted by molar-refractivity contribution is 8.00. The quantitative estimate of drug-likeness (QED) is 0.214. The number of nitrogens with zero attached hydrogens (tertiary/aromatic N) is 2. The van der Waals surface area contributed by atoms with E-state index in [1.165, 1.54) is 27.2 Å². The summed E-state index contributed by atoms with van der Waals surface area (Å²) in [5.41, 5.74) is 23.7. The van der Waals surface area contributed by atoms with E-state index in [4.69, 9.17) is 26.2 Å². The molecule has 1 aromatic heterocycles. The van der Waals surface area contributed by atoms with Crippen molar-refractivity contribution in [3.63, 3.8) is 0 Å². The van der Waals surface area contributed by atoms with Gasteiger partial charge in [0.2, 0.25) is 0 Å². The monoisotopic (exact) mass is 582 g/mol. The molecule has 0 saturated carbocycles. The van der Waals surface area contributed by atoms with E-state index in [2.05, 4.69) is 79.8 Å². The summed E-state index contributed by atoms with van der Waals surface area (Å²) in [5.74, 6) is 0.798. The number of hydrogen-bond donors (Lipinski definition) is 2. The molecule has 0 radical (unpaired) electrons.